The van der Waals surface area contributed by atoms with E-state index >= 15 is 0 Å². The average molecular weight is 283 g/mol. The zero-order chi connectivity index (χ0) is 12.0. The number of aromatic nitrogens is 1. The quantitative estimate of drug-likeness (QED) is 0.473. The Morgan fingerprint density at radius 2 is 2.38 bits per heavy atom. The molecule has 0 aliphatic carbocycles. The molecule has 4 heteroatoms. The number of carbonyl (C=O) groups excluding carboxylic acids is 1. The number of unbranched alkanes of at least 4 members (excludes halogenated alkanes) is 1. The molecule has 0 saturated carbocycles. The molecule has 0 atom stereocenters. The Morgan fingerprint density at radius 1 is 1.62 bits per heavy atom. The number of halogens is 1. The molecule has 86 valence electrons. The Kier molecular flexibility index (Phi) is 5.19. The van der Waals surface area contributed by atoms with Crippen LogP contribution in [0.2, 0.25) is 0 Å². The van der Waals surface area contributed by atoms with Crippen molar-refractivity contribution in [1.82, 2.24) is 9.88 Å². The zero-order valence-electron chi connectivity index (χ0n) is 9.32. The number of carbonyl (C=O) groups is 1. The first kappa shape index (κ1) is 12.9. The van der Waals surface area contributed by atoms with Crippen molar-refractivity contribution >= 4 is 21.8 Å². The molecule has 1 aromatic rings. The van der Waals surface area contributed by atoms with E-state index in [4.69, 9.17) is 0 Å². The smallest absolute Gasteiger partial charge is 0.272 e. The molecule has 1 amide bonds. The molecule has 0 radical (unpaired) electrons. The molecule has 1 aromatic heterocycles. The number of hydrogen-bond acceptors (Lipinski definition) is 2. The van der Waals surface area contributed by atoms with Gasteiger partial charge in [0.1, 0.15) is 10.3 Å². The van der Waals surface area contributed by atoms with Crippen molar-refractivity contribution in [2.45, 2.75) is 12.8 Å². The van der Waals surface area contributed by atoms with Gasteiger partial charge in [0, 0.05) is 13.6 Å². The van der Waals surface area contributed by atoms with Crippen molar-refractivity contribution in [3.05, 3.63) is 41.2 Å². The fourth-order valence-electron chi connectivity index (χ4n) is 1.30. The summed E-state index contributed by atoms with van der Waals surface area (Å²) in [5, 5.41) is 0. The van der Waals surface area contributed by atoms with E-state index in [1.54, 1.807) is 24.1 Å². The summed E-state index contributed by atoms with van der Waals surface area (Å²) < 4.78 is 0.679. The second-order valence-corrected chi connectivity index (χ2v) is 4.32. The topological polar surface area (TPSA) is 33.2 Å². The first-order valence-corrected chi connectivity index (χ1v) is 5.93. The van der Waals surface area contributed by atoms with Crippen LogP contribution < -0.4 is 0 Å². The number of nitrogens with zero attached hydrogens (tertiary/aromatic N) is 2. The van der Waals surface area contributed by atoms with Crippen LogP contribution in [-0.4, -0.2) is 29.4 Å². The van der Waals surface area contributed by atoms with Crippen LogP contribution in [0.4, 0.5) is 0 Å². The van der Waals surface area contributed by atoms with Crippen LogP contribution in [-0.2, 0) is 0 Å². The van der Waals surface area contributed by atoms with Crippen LogP contribution in [0.25, 0.3) is 0 Å². The van der Waals surface area contributed by atoms with Gasteiger partial charge in [-0.3, -0.25) is 4.79 Å². The van der Waals surface area contributed by atoms with Crippen LogP contribution in [0.1, 0.15) is 23.3 Å². The normalized spacial score (nSPS) is 9.88. The van der Waals surface area contributed by atoms with Gasteiger partial charge in [0.15, 0.2) is 0 Å². The zero-order valence-corrected chi connectivity index (χ0v) is 10.9. The van der Waals surface area contributed by atoms with Gasteiger partial charge in [-0.2, -0.15) is 0 Å². The molecular weight excluding hydrogens is 268 g/mol. The van der Waals surface area contributed by atoms with E-state index in [1.165, 1.54) is 0 Å². The Labute approximate surface area is 104 Å². The molecule has 0 saturated heterocycles. The highest BCUT2D eigenvalue weighted by atomic mass is 79.9. The summed E-state index contributed by atoms with van der Waals surface area (Å²) in [6, 6.07) is 5.33. The molecule has 0 spiro atoms. The van der Waals surface area contributed by atoms with Crippen molar-refractivity contribution in [2.24, 2.45) is 0 Å². The van der Waals surface area contributed by atoms with Gasteiger partial charge < -0.3 is 4.90 Å². The molecular formula is C12H15BrN2O. The molecule has 0 fully saturated rings. The van der Waals surface area contributed by atoms with Gasteiger partial charge in [-0.1, -0.05) is 12.1 Å². The Hall–Kier alpha value is -1.16. The van der Waals surface area contributed by atoms with Gasteiger partial charge in [-0.15, -0.1) is 6.58 Å². The lowest BCUT2D eigenvalue weighted by Crippen LogP contribution is -2.28. The third-order valence-corrected chi connectivity index (χ3v) is 2.62. The summed E-state index contributed by atoms with van der Waals surface area (Å²) >= 11 is 3.25. The highest BCUT2D eigenvalue weighted by molar-refractivity contribution is 9.10. The van der Waals surface area contributed by atoms with Crippen LogP contribution in [0.5, 0.6) is 0 Å². The lowest BCUT2D eigenvalue weighted by atomic mass is 10.2. The minimum atomic E-state index is -0.0506. The molecule has 3 nitrogen and oxygen atoms in total. The first-order valence-electron chi connectivity index (χ1n) is 5.14. The molecule has 0 unspecified atom stereocenters. The highest BCUT2D eigenvalue weighted by Crippen LogP contribution is 2.08. The number of hydrogen-bond donors (Lipinski definition) is 0. The maximum Gasteiger partial charge on any atom is 0.272 e. The standard InChI is InChI=1S/C12H15BrN2O/c1-3-4-5-9-15(2)12(16)10-7-6-8-11(13)14-10/h3,6-8H,1,4-5,9H2,2H3. The molecule has 0 aromatic carbocycles. The minimum absolute atomic E-state index is 0.0506. The molecule has 16 heavy (non-hydrogen) atoms. The number of allylic oxidation sites excluding steroid dienone is 1. The molecule has 0 aliphatic rings. The van der Waals surface area contributed by atoms with Gasteiger partial charge in [0.05, 0.1) is 0 Å². The summed E-state index contributed by atoms with van der Waals surface area (Å²) in [5.41, 5.74) is 0.468. The van der Waals surface area contributed by atoms with E-state index in [0.29, 0.717) is 10.3 Å². The van der Waals surface area contributed by atoms with Gasteiger partial charge >= 0.3 is 0 Å². The summed E-state index contributed by atoms with van der Waals surface area (Å²) in [6.45, 7) is 4.37. The lowest BCUT2D eigenvalue weighted by Gasteiger charge is -2.16. The van der Waals surface area contributed by atoms with Crippen molar-refractivity contribution in [3.63, 3.8) is 0 Å². The third-order valence-electron chi connectivity index (χ3n) is 2.18. The van der Waals surface area contributed by atoms with Gasteiger partial charge in [0.25, 0.3) is 5.91 Å². The van der Waals surface area contributed by atoms with Gasteiger partial charge in [-0.25, -0.2) is 4.98 Å². The lowest BCUT2D eigenvalue weighted by molar-refractivity contribution is 0.0788. The largest absolute Gasteiger partial charge is 0.340 e. The first-order chi connectivity index (χ1) is 7.65. The second kappa shape index (κ2) is 6.43. The van der Waals surface area contributed by atoms with E-state index in [1.807, 2.05) is 12.1 Å². The molecule has 1 rings (SSSR count). The Morgan fingerprint density at radius 3 is 3.00 bits per heavy atom. The minimum Gasteiger partial charge on any atom is -0.340 e. The molecule has 0 aliphatic heterocycles. The van der Waals surface area contributed by atoms with Crippen molar-refractivity contribution in [2.75, 3.05) is 13.6 Å². The van der Waals surface area contributed by atoms with Gasteiger partial charge in [-0.05, 0) is 40.9 Å². The predicted octanol–water partition coefficient (Wildman–Crippen LogP) is 2.88. The number of rotatable bonds is 5. The monoisotopic (exact) mass is 282 g/mol. The van der Waals surface area contributed by atoms with Crippen LogP contribution in [0.3, 0.4) is 0 Å². The van der Waals surface area contributed by atoms with Crippen molar-refractivity contribution < 1.29 is 4.79 Å². The average Bonchev–Trinajstić information content (AvgIpc) is 2.28. The Balaban J connectivity index is 2.59. The van der Waals surface area contributed by atoms with Crippen LogP contribution in [0.15, 0.2) is 35.5 Å². The molecule has 0 bridgehead atoms. The maximum absolute atomic E-state index is 11.9. The van der Waals surface area contributed by atoms with E-state index in [0.717, 1.165) is 19.4 Å². The summed E-state index contributed by atoms with van der Waals surface area (Å²) in [4.78, 5) is 17.7. The fourth-order valence-corrected chi connectivity index (χ4v) is 1.64. The van der Waals surface area contributed by atoms with Gasteiger partial charge in [0.2, 0.25) is 0 Å². The maximum atomic E-state index is 11.9. The van der Waals surface area contributed by atoms with Crippen LogP contribution >= 0.6 is 15.9 Å². The van der Waals surface area contributed by atoms with E-state index in [-0.39, 0.29) is 5.91 Å². The number of amides is 1. The van der Waals surface area contributed by atoms with E-state index in [2.05, 4.69) is 27.5 Å². The van der Waals surface area contributed by atoms with E-state index in [9.17, 15) is 4.79 Å². The van der Waals surface area contributed by atoms with Crippen molar-refractivity contribution in [3.8, 4) is 0 Å². The summed E-state index contributed by atoms with van der Waals surface area (Å²) in [6.07, 6.45) is 3.71. The SMILES string of the molecule is C=CCCCN(C)C(=O)c1cccc(Br)n1. The van der Waals surface area contributed by atoms with Crippen molar-refractivity contribution in [1.29, 1.82) is 0 Å². The fraction of sp³-hybridized carbons (Fsp3) is 0.333. The summed E-state index contributed by atoms with van der Waals surface area (Å²) in [5.74, 6) is -0.0506. The molecule has 0 N–H and O–H groups in total. The number of pyridine rings is 1. The van der Waals surface area contributed by atoms with E-state index < -0.39 is 0 Å². The highest BCUT2D eigenvalue weighted by Gasteiger charge is 2.12. The Bertz CT molecular complexity index is 379. The molecule has 1 heterocycles. The summed E-state index contributed by atoms with van der Waals surface area (Å²) in [7, 11) is 1.79. The second-order valence-electron chi connectivity index (χ2n) is 3.50. The predicted molar refractivity (Wildman–Crippen MR) is 68.3 cm³/mol. The third kappa shape index (κ3) is 3.77. The van der Waals surface area contributed by atoms with Crippen LogP contribution in [0, 0.1) is 0 Å².